The van der Waals surface area contributed by atoms with Gasteiger partial charge in [0, 0.05) is 17.9 Å². The van der Waals surface area contributed by atoms with Gasteiger partial charge in [0.15, 0.2) is 0 Å². The van der Waals surface area contributed by atoms with Crippen molar-refractivity contribution in [1.82, 2.24) is 4.98 Å². The fraction of sp³-hybridized carbons (Fsp3) is 0.389. The summed E-state index contributed by atoms with van der Waals surface area (Å²) in [6.07, 6.45) is 4.49. The monoisotopic (exact) mass is 281 g/mol. The van der Waals surface area contributed by atoms with E-state index in [0.717, 1.165) is 25.2 Å². The number of pyridine rings is 1. The molecule has 0 atom stereocenters. The minimum absolute atomic E-state index is 0.702. The van der Waals surface area contributed by atoms with Crippen molar-refractivity contribution in [3.63, 3.8) is 0 Å². The van der Waals surface area contributed by atoms with Crippen LogP contribution in [-0.4, -0.2) is 18.1 Å². The molecule has 0 radical (unpaired) electrons. The Balaban J connectivity index is 1.93. The Labute approximate surface area is 126 Å². The number of benzene rings is 1. The number of aromatic nitrogens is 1. The van der Waals surface area contributed by atoms with Crippen LogP contribution in [0.4, 0.5) is 11.5 Å². The van der Waals surface area contributed by atoms with Crippen molar-refractivity contribution in [3.8, 4) is 0 Å². The summed E-state index contributed by atoms with van der Waals surface area (Å²) in [6, 6.07) is 13.0. The first-order valence-corrected chi connectivity index (χ1v) is 7.81. The summed E-state index contributed by atoms with van der Waals surface area (Å²) in [7, 11) is 0. The summed E-state index contributed by atoms with van der Waals surface area (Å²) >= 11 is 0. The molecule has 0 saturated carbocycles. The van der Waals surface area contributed by atoms with Gasteiger partial charge in [0.2, 0.25) is 0 Å². The van der Waals surface area contributed by atoms with E-state index in [1.54, 1.807) is 0 Å². The smallest absolute Gasteiger partial charge is 0.133 e. The van der Waals surface area contributed by atoms with Crippen LogP contribution in [0.1, 0.15) is 29.7 Å². The van der Waals surface area contributed by atoms with Gasteiger partial charge in [-0.15, -0.1) is 0 Å². The number of anilines is 2. The van der Waals surface area contributed by atoms with E-state index in [-0.39, 0.29) is 0 Å². The minimum atomic E-state index is 0.702. The summed E-state index contributed by atoms with van der Waals surface area (Å²) in [5.74, 6) is 1.05. The van der Waals surface area contributed by atoms with Crippen molar-refractivity contribution in [1.29, 1.82) is 0 Å². The van der Waals surface area contributed by atoms with E-state index in [1.165, 1.54) is 35.3 Å². The Morgan fingerprint density at radius 2 is 1.90 bits per heavy atom. The quantitative estimate of drug-likeness (QED) is 0.913. The molecule has 0 fully saturated rings. The van der Waals surface area contributed by atoms with Gasteiger partial charge in [-0.05, 0) is 62.9 Å². The molecular weight excluding hydrogens is 258 g/mol. The third-order valence-electron chi connectivity index (χ3n) is 4.12. The molecule has 0 amide bonds. The second kappa shape index (κ2) is 6.27. The Hall–Kier alpha value is -1.87. The predicted molar refractivity (Wildman–Crippen MR) is 88.1 cm³/mol. The molecule has 3 nitrogen and oxygen atoms in total. The number of rotatable bonds is 5. The molecule has 1 aromatic heterocycles. The number of aryl methyl sites for hydroxylation is 3. The maximum absolute atomic E-state index is 5.70. The molecule has 0 aliphatic heterocycles. The molecular formula is C18H23N3. The highest BCUT2D eigenvalue weighted by molar-refractivity contribution is 5.61. The van der Waals surface area contributed by atoms with Gasteiger partial charge in [-0.1, -0.05) is 23.8 Å². The van der Waals surface area contributed by atoms with Crippen LogP contribution < -0.4 is 10.6 Å². The number of nitrogens with zero attached hydrogens (tertiary/aromatic N) is 2. The molecule has 3 heteroatoms. The van der Waals surface area contributed by atoms with Crippen LogP contribution in [0.2, 0.25) is 0 Å². The second-order valence-electron chi connectivity index (χ2n) is 5.76. The molecule has 2 N–H and O–H groups in total. The molecule has 1 aliphatic rings. The summed E-state index contributed by atoms with van der Waals surface area (Å²) < 4.78 is 0. The van der Waals surface area contributed by atoms with Crippen molar-refractivity contribution in [3.05, 3.63) is 53.2 Å². The molecule has 0 bridgehead atoms. The highest BCUT2D eigenvalue weighted by Crippen LogP contribution is 2.28. The summed E-state index contributed by atoms with van der Waals surface area (Å²) in [6.45, 7) is 3.72. The summed E-state index contributed by atoms with van der Waals surface area (Å²) in [5, 5.41) is 0. The van der Waals surface area contributed by atoms with E-state index in [9.17, 15) is 0 Å². The zero-order chi connectivity index (χ0) is 14.7. The lowest BCUT2D eigenvalue weighted by Gasteiger charge is -2.24. The molecule has 3 rings (SSSR count). The molecule has 0 saturated heterocycles. The van der Waals surface area contributed by atoms with E-state index in [1.807, 2.05) is 0 Å². The molecule has 2 aromatic rings. The van der Waals surface area contributed by atoms with Crippen molar-refractivity contribution in [2.24, 2.45) is 5.73 Å². The van der Waals surface area contributed by atoms with E-state index in [2.05, 4.69) is 48.2 Å². The molecule has 1 aromatic carbocycles. The lowest BCUT2D eigenvalue weighted by molar-refractivity contribution is 0.806. The first kappa shape index (κ1) is 14.1. The zero-order valence-corrected chi connectivity index (χ0v) is 12.7. The SMILES string of the molecule is Cc1ccc(N(CCCN)c2ccc3c(n2)CCC3)cc1. The highest BCUT2D eigenvalue weighted by Gasteiger charge is 2.16. The number of hydrogen-bond donors (Lipinski definition) is 1. The zero-order valence-electron chi connectivity index (χ0n) is 12.7. The Morgan fingerprint density at radius 1 is 1.10 bits per heavy atom. The largest absolute Gasteiger partial charge is 0.330 e. The van der Waals surface area contributed by atoms with Gasteiger partial charge in [-0.25, -0.2) is 4.98 Å². The van der Waals surface area contributed by atoms with Crippen molar-refractivity contribution >= 4 is 11.5 Å². The van der Waals surface area contributed by atoms with Crippen molar-refractivity contribution in [2.45, 2.75) is 32.6 Å². The number of fused-ring (bicyclic) bond motifs is 1. The molecule has 110 valence electrons. The van der Waals surface area contributed by atoms with E-state index >= 15 is 0 Å². The molecule has 0 unspecified atom stereocenters. The Kier molecular flexibility index (Phi) is 4.20. The van der Waals surface area contributed by atoms with Crippen LogP contribution in [0.15, 0.2) is 36.4 Å². The lowest BCUT2D eigenvalue weighted by atomic mass is 10.2. The third-order valence-corrected chi connectivity index (χ3v) is 4.12. The van der Waals surface area contributed by atoms with Crippen LogP contribution in [-0.2, 0) is 12.8 Å². The first-order chi connectivity index (χ1) is 10.3. The molecule has 1 heterocycles. The molecule has 21 heavy (non-hydrogen) atoms. The first-order valence-electron chi connectivity index (χ1n) is 7.81. The normalized spacial score (nSPS) is 13.2. The summed E-state index contributed by atoms with van der Waals surface area (Å²) in [4.78, 5) is 7.17. The van der Waals surface area contributed by atoms with E-state index in [4.69, 9.17) is 10.7 Å². The Bertz CT molecular complexity index is 604. The van der Waals surface area contributed by atoms with Gasteiger partial charge < -0.3 is 10.6 Å². The predicted octanol–water partition coefficient (Wildman–Crippen LogP) is 3.37. The Morgan fingerprint density at radius 3 is 2.67 bits per heavy atom. The van der Waals surface area contributed by atoms with Gasteiger partial charge in [-0.3, -0.25) is 0 Å². The molecule has 1 aliphatic carbocycles. The highest BCUT2D eigenvalue weighted by atomic mass is 15.2. The average Bonchev–Trinajstić information content (AvgIpc) is 2.97. The number of hydrogen-bond acceptors (Lipinski definition) is 3. The average molecular weight is 281 g/mol. The fourth-order valence-corrected chi connectivity index (χ4v) is 2.91. The maximum Gasteiger partial charge on any atom is 0.133 e. The second-order valence-corrected chi connectivity index (χ2v) is 5.76. The third kappa shape index (κ3) is 3.08. The summed E-state index contributed by atoms with van der Waals surface area (Å²) in [5.41, 5.74) is 10.9. The topological polar surface area (TPSA) is 42.1 Å². The van der Waals surface area contributed by atoms with E-state index in [0.29, 0.717) is 6.54 Å². The number of nitrogens with two attached hydrogens (primary N) is 1. The standard InChI is InChI=1S/C18H23N3/c1-14-6-9-16(10-7-14)21(13-3-12-19)18-11-8-15-4-2-5-17(15)20-18/h6-11H,2-5,12-13,19H2,1H3. The van der Waals surface area contributed by atoms with Crippen molar-refractivity contribution < 1.29 is 0 Å². The van der Waals surface area contributed by atoms with Crippen LogP contribution in [0.3, 0.4) is 0 Å². The van der Waals surface area contributed by atoms with Crippen LogP contribution >= 0.6 is 0 Å². The van der Waals surface area contributed by atoms with Crippen LogP contribution in [0.25, 0.3) is 0 Å². The van der Waals surface area contributed by atoms with Crippen LogP contribution in [0, 0.1) is 6.92 Å². The fourth-order valence-electron chi connectivity index (χ4n) is 2.91. The van der Waals surface area contributed by atoms with Crippen LogP contribution in [0.5, 0.6) is 0 Å². The maximum atomic E-state index is 5.70. The molecule has 0 spiro atoms. The van der Waals surface area contributed by atoms with E-state index < -0.39 is 0 Å². The lowest BCUT2D eigenvalue weighted by Crippen LogP contribution is -2.22. The van der Waals surface area contributed by atoms with Gasteiger partial charge in [0.25, 0.3) is 0 Å². The minimum Gasteiger partial charge on any atom is -0.330 e. The van der Waals surface area contributed by atoms with Gasteiger partial charge >= 0.3 is 0 Å². The van der Waals surface area contributed by atoms with Gasteiger partial charge in [0.05, 0.1) is 0 Å². The van der Waals surface area contributed by atoms with Gasteiger partial charge in [-0.2, -0.15) is 0 Å². The van der Waals surface area contributed by atoms with Crippen molar-refractivity contribution in [2.75, 3.05) is 18.0 Å². The van der Waals surface area contributed by atoms with Gasteiger partial charge in [0.1, 0.15) is 5.82 Å².